The molecule has 114 valence electrons. The average Bonchev–Trinajstić information content (AvgIpc) is 2.41. The van der Waals surface area contributed by atoms with E-state index in [1.165, 1.54) is 77.2 Å². The Hall–Kier alpha value is -0.300. The topological polar surface area (TPSA) is 12.0 Å². The molecule has 0 bridgehead atoms. The molecule has 0 aromatic rings. The fourth-order valence-corrected chi connectivity index (χ4v) is 2.25. The largest absolute Gasteiger partial charge is 0.314 e. The lowest BCUT2D eigenvalue weighted by Crippen LogP contribution is -2.26. The Bertz CT molecular complexity index is 186. The first kappa shape index (κ1) is 18.7. The van der Waals surface area contributed by atoms with Crippen molar-refractivity contribution < 1.29 is 0 Å². The van der Waals surface area contributed by atoms with Gasteiger partial charge in [0.15, 0.2) is 0 Å². The van der Waals surface area contributed by atoms with Crippen LogP contribution in [0.5, 0.6) is 0 Å². The summed E-state index contributed by atoms with van der Waals surface area (Å²) in [5.41, 5.74) is 0. The number of nitrogens with one attached hydrogen (secondary N) is 1. The van der Waals surface area contributed by atoms with Gasteiger partial charge in [-0.25, -0.2) is 0 Å². The quantitative estimate of drug-likeness (QED) is 0.307. The van der Waals surface area contributed by atoms with Crippen LogP contribution >= 0.6 is 0 Å². The van der Waals surface area contributed by atoms with E-state index in [1.54, 1.807) is 0 Å². The minimum atomic E-state index is 0.709. The molecule has 1 N–H and O–H groups in total. The third-order valence-corrected chi connectivity index (χ3v) is 3.67. The van der Waals surface area contributed by atoms with Gasteiger partial charge in [-0.15, -0.1) is 0 Å². The van der Waals surface area contributed by atoms with E-state index in [9.17, 15) is 0 Å². The van der Waals surface area contributed by atoms with Crippen LogP contribution in [0.3, 0.4) is 0 Å². The van der Waals surface area contributed by atoms with Crippen molar-refractivity contribution in [3.63, 3.8) is 0 Å². The molecule has 1 atom stereocenters. The van der Waals surface area contributed by atoms with Gasteiger partial charge in [-0.2, -0.15) is 0 Å². The number of allylic oxidation sites excluding steroid dienone is 2. The molecule has 0 heterocycles. The van der Waals surface area contributed by atoms with Crippen LogP contribution < -0.4 is 5.32 Å². The number of hydrogen-bond donors (Lipinski definition) is 1. The Labute approximate surface area is 122 Å². The lowest BCUT2D eigenvalue weighted by atomic mass is 10.1. The first-order valence-corrected chi connectivity index (χ1v) is 8.69. The third kappa shape index (κ3) is 15.6. The Morgan fingerprint density at radius 1 is 0.789 bits per heavy atom. The van der Waals surface area contributed by atoms with Crippen molar-refractivity contribution >= 4 is 0 Å². The monoisotopic (exact) mass is 267 g/mol. The van der Waals surface area contributed by atoms with Gasteiger partial charge in [-0.3, -0.25) is 0 Å². The van der Waals surface area contributed by atoms with E-state index in [2.05, 4.69) is 38.2 Å². The fraction of sp³-hybridized carbons (Fsp3) is 0.889. The molecule has 0 aliphatic carbocycles. The SMILES string of the molecule is CCCC/C=C/CCCCCCC(C)NCCCC. The second kappa shape index (κ2) is 15.8. The molecule has 0 saturated carbocycles. The standard InChI is InChI=1S/C18H37N/c1-4-6-8-9-10-11-12-13-14-15-16-18(3)19-17-7-5-2/h9-10,18-19H,4-8,11-17H2,1-3H3/b10-9+. The second-order valence-corrected chi connectivity index (χ2v) is 5.81. The van der Waals surface area contributed by atoms with Gasteiger partial charge in [0, 0.05) is 6.04 Å². The zero-order chi connectivity index (χ0) is 14.2. The maximum absolute atomic E-state index is 3.60. The van der Waals surface area contributed by atoms with E-state index in [4.69, 9.17) is 0 Å². The molecule has 0 fully saturated rings. The smallest absolute Gasteiger partial charge is 0.00387 e. The van der Waals surface area contributed by atoms with E-state index in [0.717, 1.165) is 0 Å². The zero-order valence-electron chi connectivity index (χ0n) is 13.7. The Morgan fingerprint density at radius 3 is 2.11 bits per heavy atom. The van der Waals surface area contributed by atoms with Crippen molar-refractivity contribution in [3.05, 3.63) is 12.2 Å². The van der Waals surface area contributed by atoms with Crippen molar-refractivity contribution in [3.8, 4) is 0 Å². The molecule has 0 saturated heterocycles. The fourth-order valence-electron chi connectivity index (χ4n) is 2.25. The van der Waals surface area contributed by atoms with E-state index >= 15 is 0 Å². The molecule has 0 amide bonds. The van der Waals surface area contributed by atoms with Gasteiger partial charge in [0.2, 0.25) is 0 Å². The van der Waals surface area contributed by atoms with Gasteiger partial charge in [-0.05, 0) is 45.6 Å². The molecular weight excluding hydrogens is 230 g/mol. The van der Waals surface area contributed by atoms with Crippen molar-refractivity contribution in [1.82, 2.24) is 5.32 Å². The molecule has 0 aromatic carbocycles. The summed E-state index contributed by atoms with van der Waals surface area (Å²) in [6, 6.07) is 0.709. The summed E-state index contributed by atoms with van der Waals surface area (Å²) in [5, 5.41) is 3.60. The minimum Gasteiger partial charge on any atom is -0.314 e. The van der Waals surface area contributed by atoms with Gasteiger partial charge < -0.3 is 5.32 Å². The molecule has 0 spiro atoms. The summed E-state index contributed by atoms with van der Waals surface area (Å²) < 4.78 is 0. The van der Waals surface area contributed by atoms with Crippen LogP contribution in [0.1, 0.15) is 91.4 Å². The van der Waals surface area contributed by atoms with Gasteiger partial charge in [0.05, 0.1) is 0 Å². The first-order valence-electron chi connectivity index (χ1n) is 8.69. The van der Waals surface area contributed by atoms with E-state index in [-0.39, 0.29) is 0 Å². The second-order valence-electron chi connectivity index (χ2n) is 5.81. The molecule has 0 radical (unpaired) electrons. The highest BCUT2D eigenvalue weighted by Gasteiger charge is 1.99. The van der Waals surface area contributed by atoms with Crippen molar-refractivity contribution in [2.45, 2.75) is 97.4 Å². The summed E-state index contributed by atoms with van der Waals surface area (Å²) >= 11 is 0. The van der Waals surface area contributed by atoms with Crippen LogP contribution in [0.4, 0.5) is 0 Å². The van der Waals surface area contributed by atoms with Crippen LogP contribution in [0.25, 0.3) is 0 Å². The van der Waals surface area contributed by atoms with Crippen LogP contribution in [0.15, 0.2) is 12.2 Å². The Balaban J connectivity index is 3.15. The first-order chi connectivity index (χ1) is 9.31. The highest BCUT2D eigenvalue weighted by Crippen LogP contribution is 2.08. The molecular formula is C18H37N. The summed E-state index contributed by atoms with van der Waals surface area (Å²) in [5.74, 6) is 0. The van der Waals surface area contributed by atoms with Crippen LogP contribution in [0.2, 0.25) is 0 Å². The number of rotatable bonds is 14. The van der Waals surface area contributed by atoms with Crippen LogP contribution in [-0.4, -0.2) is 12.6 Å². The van der Waals surface area contributed by atoms with Crippen molar-refractivity contribution in [1.29, 1.82) is 0 Å². The highest BCUT2D eigenvalue weighted by atomic mass is 14.9. The Morgan fingerprint density at radius 2 is 1.42 bits per heavy atom. The minimum absolute atomic E-state index is 0.709. The predicted octanol–water partition coefficient (Wildman–Crippen LogP) is 5.85. The number of unbranched alkanes of at least 4 members (excludes halogenated alkanes) is 7. The van der Waals surface area contributed by atoms with Gasteiger partial charge >= 0.3 is 0 Å². The zero-order valence-corrected chi connectivity index (χ0v) is 13.7. The number of hydrogen-bond acceptors (Lipinski definition) is 1. The Kier molecular flexibility index (Phi) is 15.5. The normalized spacial score (nSPS) is 13.2. The molecule has 1 unspecified atom stereocenters. The van der Waals surface area contributed by atoms with Gasteiger partial charge in [-0.1, -0.05) is 64.5 Å². The molecule has 0 aliphatic rings. The summed E-state index contributed by atoms with van der Waals surface area (Å²) in [4.78, 5) is 0. The summed E-state index contributed by atoms with van der Waals surface area (Å²) in [7, 11) is 0. The molecule has 0 aliphatic heterocycles. The molecule has 1 nitrogen and oxygen atoms in total. The lowest BCUT2D eigenvalue weighted by molar-refractivity contribution is 0.475. The maximum atomic E-state index is 3.60. The van der Waals surface area contributed by atoms with Gasteiger partial charge in [0.1, 0.15) is 0 Å². The highest BCUT2D eigenvalue weighted by molar-refractivity contribution is 4.81. The predicted molar refractivity (Wildman–Crippen MR) is 88.7 cm³/mol. The van der Waals surface area contributed by atoms with Crippen molar-refractivity contribution in [2.75, 3.05) is 6.54 Å². The molecule has 0 rings (SSSR count). The van der Waals surface area contributed by atoms with Crippen molar-refractivity contribution in [2.24, 2.45) is 0 Å². The molecule has 1 heteroatoms. The summed E-state index contributed by atoms with van der Waals surface area (Å²) in [6.45, 7) is 8.03. The van der Waals surface area contributed by atoms with E-state index in [1.807, 2.05) is 0 Å². The molecule has 19 heavy (non-hydrogen) atoms. The van der Waals surface area contributed by atoms with Crippen LogP contribution in [-0.2, 0) is 0 Å². The summed E-state index contributed by atoms with van der Waals surface area (Å²) in [6.07, 6.45) is 19.5. The van der Waals surface area contributed by atoms with Crippen LogP contribution in [0, 0.1) is 0 Å². The van der Waals surface area contributed by atoms with Gasteiger partial charge in [0.25, 0.3) is 0 Å². The third-order valence-electron chi connectivity index (χ3n) is 3.67. The lowest BCUT2D eigenvalue weighted by Gasteiger charge is -2.12. The van der Waals surface area contributed by atoms with E-state index < -0.39 is 0 Å². The van der Waals surface area contributed by atoms with E-state index in [0.29, 0.717) is 6.04 Å². The molecule has 0 aromatic heterocycles. The maximum Gasteiger partial charge on any atom is 0.00387 e. The average molecular weight is 268 g/mol.